The number of para-hydroxylation sites is 1. The lowest BCUT2D eigenvalue weighted by atomic mass is 10.00. The van der Waals surface area contributed by atoms with Crippen molar-refractivity contribution in [3.8, 4) is 11.3 Å². The van der Waals surface area contributed by atoms with E-state index in [1.807, 2.05) is 36.4 Å². The van der Waals surface area contributed by atoms with Crippen molar-refractivity contribution in [1.29, 1.82) is 0 Å². The number of amides is 1. The molecule has 0 saturated carbocycles. The van der Waals surface area contributed by atoms with Gasteiger partial charge in [-0.1, -0.05) is 48.5 Å². The molecule has 0 aliphatic heterocycles. The minimum absolute atomic E-state index is 0.182. The molecule has 0 bridgehead atoms. The maximum atomic E-state index is 13.4. The highest BCUT2D eigenvalue weighted by Crippen LogP contribution is 2.32. The second kappa shape index (κ2) is 8.73. The van der Waals surface area contributed by atoms with Gasteiger partial charge in [-0.05, 0) is 17.7 Å². The molecule has 0 saturated heterocycles. The fraction of sp³-hybridized carbons (Fsp3) is 0.0833. The highest BCUT2D eigenvalue weighted by molar-refractivity contribution is 6.13. The van der Waals surface area contributed by atoms with Gasteiger partial charge in [-0.3, -0.25) is 9.59 Å². The maximum absolute atomic E-state index is 13.4. The van der Waals surface area contributed by atoms with Crippen LogP contribution in [0, 0.1) is 0 Å². The zero-order chi connectivity index (χ0) is 22.7. The molecule has 0 aliphatic carbocycles. The van der Waals surface area contributed by atoms with Gasteiger partial charge in [0.1, 0.15) is 0 Å². The van der Waals surface area contributed by atoms with Crippen LogP contribution in [0.4, 0.5) is 5.69 Å². The average molecular weight is 428 g/mol. The molecule has 8 nitrogen and oxygen atoms in total. The Kier molecular flexibility index (Phi) is 5.67. The molecule has 0 aliphatic rings. The Morgan fingerprint density at radius 1 is 1.06 bits per heavy atom. The second-order valence-corrected chi connectivity index (χ2v) is 7.05. The first-order valence-electron chi connectivity index (χ1n) is 9.80. The van der Waals surface area contributed by atoms with Crippen molar-refractivity contribution in [1.82, 2.24) is 15.3 Å². The van der Waals surface area contributed by atoms with Crippen molar-refractivity contribution in [3.63, 3.8) is 0 Å². The summed E-state index contributed by atoms with van der Waals surface area (Å²) < 4.78 is 4.84. The monoisotopic (exact) mass is 428 g/mol. The summed E-state index contributed by atoms with van der Waals surface area (Å²) in [5.74, 6) is -1.31. The van der Waals surface area contributed by atoms with Gasteiger partial charge in [0, 0.05) is 23.2 Å². The van der Waals surface area contributed by atoms with Crippen LogP contribution in [-0.4, -0.2) is 29.0 Å². The number of nitrogen functional groups attached to an aromatic ring is 1. The number of methoxy groups -OCH3 is 1. The predicted octanol–water partition coefficient (Wildman–Crippen LogP) is 2.82. The van der Waals surface area contributed by atoms with Gasteiger partial charge < -0.3 is 20.8 Å². The highest BCUT2D eigenvalue weighted by atomic mass is 16.5. The molecule has 160 valence electrons. The van der Waals surface area contributed by atoms with Crippen molar-refractivity contribution >= 4 is 28.5 Å². The fourth-order valence-electron chi connectivity index (χ4n) is 3.53. The van der Waals surface area contributed by atoms with Gasteiger partial charge in [0.05, 0.1) is 29.6 Å². The zero-order valence-corrected chi connectivity index (χ0v) is 17.2. The van der Waals surface area contributed by atoms with Gasteiger partial charge in [0.2, 0.25) is 5.56 Å². The van der Waals surface area contributed by atoms with Crippen molar-refractivity contribution in [3.05, 3.63) is 94.4 Å². The summed E-state index contributed by atoms with van der Waals surface area (Å²) in [5.41, 5.74) is 8.47. The summed E-state index contributed by atoms with van der Waals surface area (Å²) in [6.07, 6.45) is 1.39. The molecule has 32 heavy (non-hydrogen) atoms. The van der Waals surface area contributed by atoms with Crippen LogP contribution in [0.1, 0.15) is 22.0 Å². The molecule has 0 spiro atoms. The molecule has 1 atom stereocenters. The molecule has 2 heterocycles. The number of H-pyrrole nitrogens is 1. The van der Waals surface area contributed by atoms with Crippen LogP contribution < -0.4 is 16.6 Å². The van der Waals surface area contributed by atoms with Crippen molar-refractivity contribution in [2.75, 3.05) is 12.8 Å². The molecule has 2 aromatic carbocycles. The molecule has 1 unspecified atom stereocenters. The number of esters is 1. The van der Waals surface area contributed by atoms with E-state index in [1.165, 1.54) is 25.4 Å². The SMILES string of the molecule is COC(=O)C(NC(=O)c1c(N)c(-c2ccccc2)nc2ccccc12)c1cc[nH]c(=O)c1. The number of pyridine rings is 2. The summed E-state index contributed by atoms with van der Waals surface area (Å²) in [6, 6.07) is 17.9. The third kappa shape index (κ3) is 3.93. The molecule has 0 radical (unpaired) electrons. The van der Waals surface area contributed by atoms with Crippen molar-refractivity contribution < 1.29 is 14.3 Å². The summed E-state index contributed by atoms with van der Waals surface area (Å²) in [5, 5.41) is 3.20. The van der Waals surface area contributed by atoms with E-state index in [-0.39, 0.29) is 16.8 Å². The standard InChI is InChI=1S/C24H20N4O4/c1-32-24(31)22(15-11-12-26-18(29)13-15)28-23(30)19-16-9-5-6-10-17(16)27-21(20(19)25)14-7-3-2-4-8-14/h2-13,22H,25H2,1H3,(H,26,29)(H,28,30). The minimum Gasteiger partial charge on any atom is -0.467 e. The quantitative estimate of drug-likeness (QED) is 0.420. The van der Waals surface area contributed by atoms with Crippen LogP contribution in [-0.2, 0) is 9.53 Å². The van der Waals surface area contributed by atoms with E-state index in [0.717, 1.165) is 5.56 Å². The molecular weight excluding hydrogens is 408 g/mol. The van der Waals surface area contributed by atoms with Gasteiger partial charge in [-0.15, -0.1) is 0 Å². The summed E-state index contributed by atoms with van der Waals surface area (Å²) >= 11 is 0. The summed E-state index contributed by atoms with van der Waals surface area (Å²) in [7, 11) is 1.21. The molecule has 4 aromatic rings. The number of nitrogens with one attached hydrogen (secondary N) is 2. The van der Waals surface area contributed by atoms with Gasteiger partial charge >= 0.3 is 5.97 Å². The normalized spacial score (nSPS) is 11.7. The van der Waals surface area contributed by atoms with E-state index in [9.17, 15) is 14.4 Å². The number of fused-ring (bicyclic) bond motifs is 1. The topological polar surface area (TPSA) is 127 Å². The van der Waals surface area contributed by atoms with E-state index in [2.05, 4.69) is 15.3 Å². The fourth-order valence-corrected chi connectivity index (χ4v) is 3.53. The van der Waals surface area contributed by atoms with E-state index < -0.39 is 23.5 Å². The van der Waals surface area contributed by atoms with Crippen LogP contribution >= 0.6 is 0 Å². The predicted molar refractivity (Wildman–Crippen MR) is 121 cm³/mol. The lowest BCUT2D eigenvalue weighted by molar-refractivity contribution is -0.143. The van der Waals surface area contributed by atoms with E-state index in [0.29, 0.717) is 16.6 Å². The van der Waals surface area contributed by atoms with E-state index in [4.69, 9.17) is 10.5 Å². The van der Waals surface area contributed by atoms with Crippen LogP contribution in [0.25, 0.3) is 22.2 Å². The molecule has 2 aromatic heterocycles. The van der Waals surface area contributed by atoms with Gasteiger partial charge in [0.25, 0.3) is 5.91 Å². The molecule has 1 amide bonds. The number of anilines is 1. The van der Waals surface area contributed by atoms with Gasteiger partial charge in [-0.2, -0.15) is 0 Å². The minimum atomic E-state index is -1.19. The summed E-state index contributed by atoms with van der Waals surface area (Å²) in [4.78, 5) is 44.7. The van der Waals surface area contributed by atoms with Crippen LogP contribution in [0.5, 0.6) is 0 Å². The number of carbonyl (C=O) groups excluding carboxylic acids is 2. The Morgan fingerprint density at radius 3 is 2.50 bits per heavy atom. The third-order valence-electron chi connectivity index (χ3n) is 5.05. The van der Waals surface area contributed by atoms with Crippen LogP contribution in [0.2, 0.25) is 0 Å². The number of aromatic nitrogens is 2. The largest absolute Gasteiger partial charge is 0.467 e. The molecule has 4 N–H and O–H groups in total. The third-order valence-corrected chi connectivity index (χ3v) is 5.05. The van der Waals surface area contributed by atoms with Crippen LogP contribution in [0.15, 0.2) is 77.7 Å². The Labute approximate surface area is 183 Å². The number of nitrogens with zero attached hydrogens (tertiary/aromatic N) is 1. The number of hydrogen-bond acceptors (Lipinski definition) is 6. The Morgan fingerprint density at radius 2 is 1.78 bits per heavy atom. The average Bonchev–Trinajstić information content (AvgIpc) is 2.82. The van der Waals surface area contributed by atoms with Crippen molar-refractivity contribution in [2.24, 2.45) is 0 Å². The number of aromatic amines is 1. The van der Waals surface area contributed by atoms with Gasteiger partial charge in [0.15, 0.2) is 6.04 Å². The number of ether oxygens (including phenoxy) is 1. The smallest absolute Gasteiger partial charge is 0.333 e. The lowest BCUT2D eigenvalue weighted by Crippen LogP contribution is -2.35. The second-order valence-electron chi connectivity index (χ2n) is 7.05. The highest BCUT2D eigenvalue weighted by Gasteiger charge is 2.27. The first-order chi connectivity index (χ1) is 15.5. The van der Waals surface area contributed by atoms with Crippen molar-refractivity contribution in [2.45, 2.75) is 6.04 Å². The van der Waals surface area contributed by atoms with Crippen LogP contribution in [0.3, 0.4) is 0 Å². The number of nitrogens with two attached hydrogens (primary N) is 1. The number of rotatable bonds is 5. The molecule has 0 fully saturated rings. The molecule has 4 rings (SSSR count). The number of benzene rings is 2. The lowest BCUT2D eigenvalue weighted by Gasteiger charge is -2.19. The maximum Gasteiger partial charge on any atom is 0.333 e. The molecular formula is C24H20N4O4. The first kappa shape index (κ1) is 20.8. The first-order valence-corrected chi connectivity index (χ1v) is 9.80. The Hall–Kier alpha value is -4.46. The van der Waals surface area contributed by atoms with Gasteiger partial charge in [-0.25, -0.2) is 9.78 Å². The summed E-state index contributed by atoms with van der Waals surface area (Å²) in [6.45, 7) is 0. The molecule has 8 heteroatoms. The number of carbonyl (C=O) groups is 2. The van der Waals surface area contributed by atoms with E-state index in [1.54, 1.807) is 18.2 Å². The Bertz CT molecular complexity index is 1370. The van der Waals surface area contributed by atoms with E-state index >= 15 is 0 Å². The zero-order valence-electron chi connectivity index (χ0n) is 17.2. The Balaban J connectivity index is 1.84. The number of hydrogen-bond donors (Lipinski definition) is 3.